The van der Waals surface area contributed by atoms with Gasteiger partial charge in [0, 0.05) is 31.2 Å². The molecule has 2 aromatic heterocycles. The number of alkyl halides is 6. The van der Waals surface area contributed by atoms with Gasteiger partial charge in [-0.25, -0.2) is 0 Å². The average Bonchev–Trinajstić information content (AvgIpc) is 3.30. The highest BCUT2D eigenvalue weighted by atomic mass is 19.4. The normalized spacial score (nSPS) is 18.7. The van der Waals surface area contributed by atoms with Gasteiger partial charge in [-0.05, 0) is 6.42 Å². The molecule has 2 heterocycles. The zero-order valence-electron chi connectivity index (χ0n) is 16.9. The van der Waals surface area contributed by atoms with Crippen LogP contribution in [0.2, 0.25) is 0 Å². The molecule has 0 saturated heterocycles. The minimum Gasteiger partial charge on any atom is -0.416 e. The van der Waals surface area contributed by atoms with E-state index in [-0.39, 0.29) is 49.8 Å². The number of carbonyl (C=O) groups is 1. The lowest BCUT2D eigenvalue weighted by Crippen LogP contribution is -2.42. The van der Waals surface area contributed by atoms with Gasteiger partial charge in [-0.3, -0.25) is 14.2 Å². The Morgan fingerprint density at radius 2 is 1.94 bits per heavy atom. The Labute approximate surface area is 182 Å². The molecule has 15 heteroatoms. The average molecular weight is 483 g/mol. The second-order valence-electron chi connectivity index (χ2n) is 7.25. The Kier molecular flexibility index (Phi) is 7.41. The minimum atomic E-state index is -4.69. The lowest BCUT2D eigenvalue weighted by atomic mass is 9.92. The molecule has 1 aliphatic rings. The van der Waals surface area contributed by atoms with Crippen LogP contribution in [0.5, 0.6) is 0 Å². The fourth-order valence-corrected chi connectivity index (χ4v) is 2.87. The smallest absolute Gasteiger partial charge is 0.416 e. The summed E-state index contributed by atoms with van der Waals surface area (Å²) in [7, 11) is 0. The van der Waals surface area contributed by atoms with Crippen molar-refractivity contribution in [3.8, 4) is 11.5 Å². The predicted molar refractivity (Wildman–Crippen MR) is 98.1 cm³/mol. The summed E-state index contributed by atoms with van der Waals surface area (Å²) < 4.78 is 88.5. The van der Waals surface area contributed by atoms with Gasteiger partial charge in [0.2, 0.25) is 11.8 Å². The van der Waals surface area contributed by atoms with Crippen molar-refractivity contribution in [3.63, 3.8) is 0 Å². The minimum absolute atomic E-state index is 0.0367. The maximum absolute atomic E-state index is 12.4. The van der Waals surface area contributed by atoms with Crippen LogP contribution < -0.4 is 5.32 Å². The summed E-state index contributed by atoms with van der Waals surface area (Å²) in [6.45, 7) is 2.33. The summed E-state index contributed by atoms with van der Waals surface area (Å²) in [6.07, 6.45) is -7.94. The van der Waals surface area contributed by atoms with Gasteiger partial charge in [-0.1, -0.05) is 6.58 Å². The Bertz CT molecular complexity index is 964. The number of nitrogens with zero attached hydrogens (tertiary/aromatic N) is 4. The van der Waals surface area contributed by atoms with E-state index in [0.717, 1.165) is 12.4 Å². The first-order chi connectivity index (χ1) is 15.4. The molecule has 0 atom stereocenters. The number of hydrogen-bond donors (Lipinski definition) is 1. The van der Waals surface area contributed by atoms with Crippen LogP contribution in [-0.4, -0.2) is 63.8 Å². The van der Waals surface area contributed by atoms with Gasteiger partial charge in [0.1, 0.15) is 13.2 Å². The Morgan fingerprint density at radius 3 is 2.61 bits per heavy atom. The summed E-state index contributed by atoms with van der Waals surface area (Å²) in [5.41, 5.74) is 0.582. The van der Waals surface area contributed by atoms with Gasteiger partial charge in [-0.2, -0.15) is 18.3 Å². The molecule has 0 spiro atoms. The zero-order chi connectivity index (χ0) is 24.2. The van der Waals surface area contributed by atoms with Crippen molar-refractivity contribution in [2.24, 2.45) is 0 Å². The molecule has 3 rings (SSSR count). The SMILES string of the molecule is C=C(CCNC(=O)CO[C@H]1C[C@@H](OC(F)(F)F)C1)c1nnc(-c2cnn(CC(F)(F)F)c2)o1. The number of amides is 1. The van der Waals surface area contributed by atoms with E-state index >= 15 is 0 Å². The van der Waals surface area contributed by atoms with E-state index in [1.807, 2.05) is 0 Å². The fraction of sp³-hybridized carbons (Fsp3) is 0.556. The third-order valence-electron chi connectivity index (χ3n) is 4.50. The third kappa shape index (κ3) is 7.85. The van der Waals surface area contributed by atoms with E-state index in [4.69, 9.17) is 9.15 Å². The van der Waals surface area contributed by atoms with Crippen LogP contribution in [0.25, 0.3) is 17.0 Å². The highest BCUT2D eigenvalue weighted by Gasteiger charge is 2.40. The maximum Gasteiger partial charge on any atom is 0.522 e. The zero-order valence-corrected chi connectivity index (χ0v) is 16.9. The number of hydrogen-bond acceptors (Lipinski definition) is 7. The lowest BCUT2D eigenvalue weighted by molar-refractivity contribution is -0.357. The van der Waals surface area contributed by atoms with Crippen molar-refractivity contribution in [1.29, 1.82) is 0 Å². The number of ether oxygens (including phenoxy) is 2. The first kappa shape index (κ1) is 24.7. The van der Waals surface area contributed by atoms with Crippen LogP contribution in [0.4, 0.5) is 26.3 Å². The Balaban J connectivity index is 1.35. The molecule has 33 heavy (non-hydrogen) atoms. The topological polar surface area (TPSA) is 104 Å². The molecule has 1 saturated carbocycles. The first-order valence-electron chi connectivity index (χ1n) is 9.62. The van der Waals surface area contributed by atoms with Crippen LogP contribution in [0.3, 0.4) is 0 Å². The first-order valence-corrected chi connectivity index (χ1v) is 9.62. The lowest BCUT2D eigenvalue weighted by Gasteiger charge is -2.34. The molecule has 9 nitrogen and oxygen atoms in total. The predicted octanol–water partition coefficient (Wildman–Crippen LogP) is 3.10. The molecule has 1 N–H and O–H groups in total. The van der Waals surface area contributed by atoms with E-state index in [1.165, 1.54) is 0 Å². The summed E-state index contributed by atoms with van der Waals surface area (Å²) in [5, 5.41) is 13.7. The largest absolute Gasteiger partial charge is 0.522 e. The summed E-state index contributed by atoms with van der Waals surface area (Å²) in [5.74, 6) is -0.458. The monoisotopic (exact) mass is 483 g/mol. The molecule has 1 amide bonds. The highest BCUT2D eigenvalue weighted by Crippen LogP contribution is 2.32. The van der Waals surface area contributed by atoms with Gasteiger partial charge in [0.05, 0.1) is 24.0 Å². The molecular weight excluding hydrogens is 464 g/mol. The van der Waals surface area contributed by atoms with E-state index < -0.39 is 37.2 Å². The van der Waals surface area contributed by atoms with Crippen LogP contribution in [0.1, 0.15) is 25.2 Å². The van der Waals surface area contributed by atoms with E-state index in [0.29, 0.717) is 10.3 Å². The van der Waals surface area contributed by atoms with Gasteiger partial charge in [0.25, 0.3) is 5.89 Å². The number of rotatable bonds is 10. The summed E-state index contributed by atoms with van der Waals surface area (Å²) in [6, 6.07) is 0. The second kappa shape index (κ2) is 9.91. The third-order valence-corrected chi connectivity index (χ3v) is 4.50. The summed E-state index contributed by atoms with van der Waals surface area (Å²) >= 11 is 0. The molecular formula is C18H19F6N5O4. The molecule has 0 aromatic carbocycles. The van der Waals surface area contributed by atoms with Crippen LogP contribution in [-0.2, 0) is 20.8 Å². The van der Waals surface area contributed by atoms with Crippen LogP contribution in [0, 0.1) is 0 Å². The van der Waals surface area contributed by atoms with Crippen molar-refractivity contribution in [1.82, 2.24) is 25.3 Å². The number of aromatic nitrogens is 4. The van der Waals surface area contributed by atoms with E-state index in [1.54, 1.807) is 0 Å². The van der Waals surface area contributed by atoms with Crippen molar-refractivity contribution < 1.29 is 45.0 Å². The standard InChI is InChI=1S/C18H19F6N5O4/c1-10(2-3-25-14(30)8-31-12-4-13(5-12)33-18(22,23)24)15-27-28-16(32-15)11-6-26-29(7-11)9-17(19,20)21/h6-7,12-13H,1-5,8-9H2,(H,25,30)/t12-,13+. The molecule has 1 fully saturated rings. The molecule has 1 aliphatic carbocycles. The van der Waals surface area contributed by atoms with Gasteiger partial charge in [-0.15, -0.1) is 23.4 Å². The highest BCUT2D eigenvalue weighted by molar-refractivity contribution is 5.77. The Hall–Kier alpha value is -2.94. The molecule has 2 aromatic rings. The van der Waals surface area contributed by atoms with Crippen molar-refractivity contribution in [2.45, 2.75) is 50.6 Å². The van der Waals surface area contributed by atoms with Crippen LogP contribution >= 0.6 is 0 Å². The van der Waals surface area contributed by atoms with Gasteiger partial charge < -0.3 is 14.5 Å². The van der Waals surface area contributed by atoms with Gasteiger partial charge >= 0.3 is 12.5 Å². The van der Waals surface area contributed by atoms with E-state index in [9.17, 15) is 31.1 Å². The number of nitrogens with one attached hydrogen (secondary N) is 1. The fourth-order valence-electron chi connectivity index (χ4n) is 2.87. The number of halogens is 6. The van der Waals surface area contributed by atoms with Crippen molar-refractivity contribution in [2.75, 3.05) is 13.2 Å². The van der Waals surface area contributed by atoms with Gasteiger partial charge in [0.15, 0.2) is 0 Å². The molecule has 0 unspecified atom stereocenters. The quantitative estimate of drug-likeness (QED) is 0.518. The Morgan fingerprint density at radius 1 is 1.21 bits per heavy atom. The number of carbonyl (C=O) groups excluding carboxylic acids is 1. The second-order valence-corrected chi connectivity index (χ2v) is 7.25. The molecule has 0 radical (unpaired) electrons. The maximum atomic E-state index is 12.4. The molecule has 0 aliphatic heterocycles. The van der Waals surface area contributed by atoms with Crippen molar-refractivity contribution in [3.05, 3.63) is 24.9 Å². The van der Waals surface area contributed by atoms with Crippen molar-refractivity contribution >= 4 is 11.5 Å². The van der Waals surface area contributed by atoms with Crippen LogP contribution in [0.15, 0.2) is 23.4 Å². The molecule has 0 bridgehead atoms. The summed E-state index contributed by atoms with van der Waals surface area (Å²) in [4.78, 5) is 11.8. The van der Waals surface area contributed by atoms with E-state index in [2.05, 4.69) is 31.9 Å². The molecule has 182 valence electrons.